The van der Waals surface area contributed by atoms with Gasteiger partial charge in [0.05, 0.1) is 0 Å². The average molecular weight is 1350 g/mol. The van der Waals surface area contributed by atoms with Crippen molar-refractivity contribution >= 4 is 53.2 Å². The Kier molecular flexibility index (Phi) is 72.8. The van der Waals surface area contributed by atoms with Gasteiger partial charge < -0.3 is 117 Å². The van der Waals surface area contributed by atoms with Crippen molar-refractivity contribution < 1.29 is 43.2 Å². The van der Waals surface area contributed by atoms with Gasteiger partial charge in [0.1, 0.15) is 0 Å². The Morgan fingerprint density at radius 1 is 0.202 bits per heavy atom. The fraction of sp³-hybridized carbons (Fsp3) is 0.857. The molecule has 0 rings (SSSR count). The topological polar surface area (TPSA) is 435 Å². The summed E-state index contributed by atoms with van der Waals surface area (Å²) in [6, 6.07) is 0. The molecule has 0 aliphatic rings. The first-order chi connectivity index (χ1) is 45.3. The van der Waals surface area contributed by atoms with Crippen molar-refractivity contribution in [1.82, 2.24) is 87.9 Å². The largest absolute Gasteiger partial charge is 0.359 e. The molecule has 0 aromatic heterocycles. The van der Waals surface area contributed by atoms with E-state index in [1.165, 1.54) is 0 Å². The highest BCUT2D eigenvalue weighted by molar-refractivity contribution is 5.78. The van der Waals surface area contributed by atoms with E-state index in [4.69, 9.17) is 28.7 Å². The Hall–Kier alpha value is -5.29. The van der Waals surface area contributed by atoms with Crippen LogP contribution in [0.3, 0.4) is 0 Å². The van der Waals surface area contributed by atoms with Gasteiger partial charge in [0.25, 0.3) is 0 Å². The van der Waals surface area contributed by atoms with Crippen molar-refractivity contribution in [2.24, 2.45) is 28.7 Å². The van der Waals surface area contributed by atoms with E-state index in [0.717, 1.165) is 169 Å². The third-order valence-corrected chi connectivity index (χ3v) is 15.2. The molecular weight excluding hydrogens is 1210 g/mol. The number of hydrogen-bond donors (Lipinski definition) is 16. The SMILES string of the molecule is CNC(=O)CCCCCNCCN(CCN)CCC(=O)NC.CNC(=O)CCN(CCCCCN)CCN(CCC(=O)NC)CCC(=O)NC.CNC(=O)CCN(CCN)CCN(CCN)CCC(=O)NC.CNC(=O)CCNCCN(CCCCCN)CCC(=O)NC. The number of amides is 9. The summed E-state index contributed by atoms with van der Waals surface area (Å²) in [7, 11) is 14.8. The Morgan fingerprint density at radius 3 is 0.723 bits per heavy atom. The van der Waals surface area contributed by atoms with Gasteiger partial charge in [-0.2, -0.15) is 0 Å². The summed E-state index contributed by atoms with van der Waals surface area (Å²) in [6.07, 6.45) is 13.8. The Labute approximate surface area is 566 Å². The minimum absolute atomic E-state index is 0.0109. The highest BCUT2D eigenvalue weighted by atomic mass is 16.2. The minimum Gasteiger partial charge on any atom is -0.359 e. The maximum Gasteiger partial charge on any atom is 0.221 e. The predicted octanol–water partition coefficient (Wildman–Crippen LogP) is -4.53. The second-order valence-electron chi connectivity index (χ2n) is 22.5. The number of carbonyl (C=O) groups excluding carboxylic acids is 9. The smallest absolute Gasteiger partial charge is 0.221 e. The molecule has 0 radical (unpaired) electrons. The molecule has 0 bridgehead atoms. The molecule has 21 N–H and O–H groups in total. The van der Waals surface area contributed by atoms with Crippen LogP contribution in [0.5, 0.6) is 0 Å². The zero-order valence-corrected chi connectivity index (χ0v) is 60.1. The molecular formula is C63H138N22O9. The molecule has 0 saturated carbocycles. The molecule has 0 spiro atoms. The molecule has 0 heterocycles. The van der Waals surface area contributed by atoms with Gasteiger partial charge in [-0.3, -0.25) is 43.2 Å². The number of carbonyl (C=O) groups is 9. The Morgan fingerprint density at radius 2 is 0.436 bits per heavy atom. The standard InChI is InChI=1S/C19H40N6O3.2C15H33N5O2.C14H32N6O2/c1-21-17(26)7-12-24(11-6-4-5-10-20)15-16-25(13-8-18(27)22-2)14-9-19(28)23-3;1-17-14(21)6-9-19-10-13-20(11-5-3-4-8-16)12-7-15(22)18-2;1-17-14(21)6-4-3-5-9-19-10-13-20(12-8-16)11-7-15(22)18-2;1-17-13(21)3-7-19(9-5-15)11-12-20(10-6-16)8-4-14(22)18-2/h4-16,20H2,1-3H3,(H,21,26)(H,22,27)(H,23,28);2*19H,3-13,16H2,1-2H3,(H,17,21)(H,18,22);3-12,15-16H2,1-2H3,(H,17,21)(H,18,22). The lowest BCUT2D eigenvalue weighted by atomic mass is 10.2. The van der Waals surface area contributed by atoms with Crippen LogP contribution >= 0.6 is 0 Å². The van der Waals surface area contributed by atoms with Crippen molar-refractivity contribution in [2.45, 2.75) is 116 Å². The second-order valence-corrected chi connectivity index (χ2v) is 22.5. The van der Waals surface area contributed by atoms with E-state index in [9.17, 15) is 43.2 Å². The highest BCUT2D eigenvalue weighted by Crippen LogP contribution is 2.05. The number of hydrogen-bond acceptors (Lipinski definition) is 22. The van der Waals surface area contributed by atoms with E-state index in [0.29, 0.717) is 123 Å². The summed E-state index contributed by atoms with van der Waals surface area (Å²) in [5.41, 5.74) is 27.9. The third kappa shape index (κ3) is 66.7. The van der Waals surface area contributed by atoms with E-state index in [1.54, 1.807) is 63.4 Å². The Bertz CT molecular complexity index is 1790. The van der Waals surface area contributed by atoms with Gasteiger partial charge in [0.15, 0.2) is 0 Å². The van der Waals surface area contributed by atoms with Crippen molar-refractivity contribution in [3.63, 3.8) is 0 Å². The van der Waals surface area contributed by atoms with Gasteiger partial charge in [-0.15, -0.1) is 0 Å². The first kappa shape index (κ1) is 95.1. The van der Waals surface area contributed by atoms with E-state index < -0.39 is 0 Å². The van der Waals surface area contributed by atoms with Crippen LogP contribution in [0.1, 0.15) is 116 Å². The maximum absolute atomic E-state index is 11.6. The lowest BCUT2D eigenvalue weighted by Crippen LogP contribution is -2.41. The maximum atomic E-state index is 11.6. The Balaban J connectivity index is -0.000000578. The second kappa shape index (κ2) is 72.0. The molecule has 0 aromatic carbocycles. The molecule has 9 amide bonds. The number of nitrogens with two attached hydrogens (primary N) is 5. The number of nitrogens with one attached hydrogen (secondary N) is 11. The summed E-state index contributed by atoms with van der Waals surface area (Å²) in [6.45, 7) is 20.4. The van der Waals surface area contributed by atoms with E-state index in [2.05, 4.69) is 87.9 Å². The quantitative estimate of drug-likeness (QED) is 0.0255. The summed E-state index contributed by atoms with van der Waals surface area (Å²) in [5, 5.41) is 30.3. The van der Waals surface area contributed by atoms with Gasteiger partial charge in [0, 0.05) is 265 Å². The van der Waals surface area contributed by atoms with E-state index in [-0.39, 0.29) is 53.2 Å². The minimum atomic E-state index is -0.0109. The zero-order valence-electron chi connectivity index (χ0n) is 60.1. The summed E-state index contributed by atoms with van der Waals surface area (Å²) < 4.78 is 0. The molecule has 0 atom stereocenters. The third-order valence-electron chi connectivity index (χ3n) is 15.2. The number of nitrogens with zero attached hydrogens (tertiary/aromatic N) is 6. The summed E-state index contributed by atoms with van der Waals surface area (Å²) in [5.74, 6) is 0.355. The zero-order chi connectivity index (χ0) is 71.3. The van der Waals surface area contributed by atoms with Crippen LogP contribution in [0.25, 0.3) is 0 Å². The molecule has 0 aliphatic carbocycles. The van der Waals surface area contributed by atoms with Crippen molar-refractivity contribution in [3.05, 3.63) is 0 Å². The van der Waals surface area contributed by atoms with Crippen molar-refractivity contribution in [2.75, 3.05) is 240 Å². The molecule has 94 heavy (non-hydrogen) atoms. The predicted molar refractivity (Wildman–Crippen MR) is 379 cm³/mol. The summed E-state index contributed by atoms with van der Waals surface area (Å²) >= 11 is 0. The monoisotopic (exact) mass is 1350 g/mol. The normalized spacial score (nSPS) is 10.9. The van der Waals surface area contributed by atoms with Crippen LogP contribution in [0.4, 0.5) is 0 Å². The van der Waals surface area contributed by atoms with Crippen LogP contribution in [0.2, 0.25) is 0 Å². The molecule has 0 unspecified atom stereocenters. The van der Waals surface area contributed by atoms with Gasteiger partial charge in [-0.1, -0.05) is 19.3 Å². The van der Waals surface area contributed by atoms with Crippen LogP contribution < -0.4 is 87.2 Å². The van der Waals surface area contributed by atoms with Crippen LogP contribution in [0.15, 0.2) is 0 Å². The van der Waals surface area contributed by atoms with Gasteiger partial charge in [-0.25, -0.2) is 0 Å². The molecule has 0 fully saturated rings. The van der Waals surface area contributed by atoms with Crippen molar-refractivity contribution in [3.8, 4) is 0 Å². The van der Waals surface area contributed by atoms with Gasteiger partial charge in [-0.05, 0) is 71.2 Å². The first-order valence-corrected chi connectivity index (χ1v) is 34.4. The van der Waals surface area contributed by atoms with E-state index in [1.807, 2.05) is 0 Å². The number of rotatable bonds is 58. The lowest BCUT2D eigenvalue weighted by molar-refractivity contribution is -0.122. The molecule has 554 valence electrons. The van der Waals surface area contributed by atoms with Crippen LogP contribution in [-0.2, 0) is 43.2 Å². The molecule has 0 aromatic rings. The van der Waals surface area contributed by atoms with Gasteiger partial charge in [0.2, 0.25) is 53.2 Å². The van der Waals surface area contributed by atoms with Gasteiger partial charge >= 0.3 is 0 Å². The van der Waals surface area contributed by atoms with Crippen LogP contribution in [0, 0.1) is 0 Å². The van der Waals surface area contributed by atoms with E-state index >= 15 is 0 Å². The molecule has 0 aliphatic heterocycles. The molecule has 31 nitrogen and oxygen atoms in total. The fourth-order valence-corrected chi connectivity index (χ4v) is 9.02. The lowest BCUT2D eigenvalue weighted by Gasteiger charge is -2.27. The highest BCUT2D eigenvalue weighted by Gasteiger charge is 2.16. The van der Waals surface area contributed by atoms with Crippen molar-refractivity contribution in [1.29, 1.82) is 0 Å². The van der Waals surface area contributed by atoms with Crippen LogP contribution in [-0.4, -0.2) is 323 Å². The fourth-order valence-electron chi connectivity index (χ4n) is 9.02. The molecule has 31 heteroatoms. The average Bonchev–Trinajstić information content (AvgIpc) is 2.81. The summed E-state index contributed by atoms with van der Waals surface area (Å²) in [4.78, 5) is 115. The molecule has 0 saturated heterocycles. The first-order valence-electron chi connectivity index (χ1n) is 34.4. The number of unbranched alkanes of at least 4 members (excludes halogenated alkanes) is 6.